The molecule has 0 unspecified atom stereocenters. The van der Waals surface area contributed by atoms with E-state index in [9.17, 15) is 9.18 Å². The van der Waals surface area contributed by atoms with Crippen LogP contribution in [-0.2, 0) is 11.3 Å². The number of anilines is 3. The predicted molar refractivity (Wildman–Crippen MR) is 78.9 cm³/mol. The van der Waals surface area contributed by atoms with Crippen LogP contribution in [0.3, 0.4) is 0 Å². The number of carbonyl (C=O) groups is 1. The Morgan fingerprint density at radius 3 is 2.50 bits per heavy atom. The Labute approximate surface area is 116 Å². The van der Waals surface area contributed by atoms with Crippen LogP contribution in [0.1, 0.15) is 12.5 Å². The molecule has 2 aromatic carbocycles. The van der Waals surface area contributed by atoms with Crippen LogP contribution in [0.25, 0.3) is 0 Å². The van der Waals surface area contributed by atoms with Gasteiger partial charge in [0.1, 0.15) is 5.82 Å². The normalized spacial score (nSPS) is 10.1. The molecule has 20 heavy (non-hydrogen) atoms. The maximum Gasteiger partial charge on any atom is 0.221 e. The number of halogens is 1. The number of benzene rings is 2. The van der Waals surface area contributed by atoms with Crippen LogP contribution in [0.15, 0.2) is 42.5 Å². The minimum absolute atomic E-state index is 0.163. The first-order valence-corrected chi connectivity index (χ1v) is 6.20. The molecule has 0 spiro atoms. The van der Waals surface area contributed by atoms with E-state index in [4.69, 9.17) is 5.73 Å². The molecule has 2 rings (SSSR count). The molecule has 0 saturated heterocycles. The summed E-state index contributed by atoms with van der Waals surface area (Å²) < 4.78 is 12.8. The highest BCUT2D eigenvalue weighted by molar-refractivity contribution is 5.92. The third-order valence-corrected chi connectivity index (χ3v) is 2.77. The highest BCUT2D eigenvalue weighted by Gasteiger charge is 2.02. The molecule has 0 saturated carbocycles. The molecule has 0 atom stereocenters. The first-order valence-electron chi connectivity index (χ1n) is 6.20. The molecule has 4 N–H and O–H groups in total. The first kappa shape index (κ1) is 13.9. The van der Waals surface area contributed by atoms with Crippen molar-refractivity contribution < 1.29 is 9.18 Å². The van der Waals surface area contributed by atoms with Gasteiger partial charge in [0.25, 0.3) is 0 Å². The number of nitrogen functional groups attached to an aromatic ring is 1. The predicted octanol–water partition coefficient (Wildman–Crippen LogP) is 2.98. The van der Waals surface area contributed by atoms with Crippen LogP contribution in [0.5, 0.6) is 0 Å². The molecule has 0 bridgehead atoms. The Morgan fingerprint density at radius 1 is 1.20 bits per heavy atom. The summed E-state index contributed by atoms with van der Waals surface area (Å²) in [5.41, 5.74) is 8.73. The van der Waals surface area contributed by atoms with Crippen LogP contribution < -0.4 is 16.4 Å². The van der Waals surface area contributed by atoms with Crippen LogP contribution >= 0.6 is 0 Å². The van der Waals surface area contributed by atoms with Crippen molar-refractivity contribution in [2.24, 2.45) is 0 Å². The van der Waals surface area contributed by atoms with Gasteiger partial charge in [-0.15, -0.1) is 0 Å². The van der Waals surface area contributed by atoms with E-state index in [2.05, 4.69) is 10.6 Å². The first-order chi connectivity index (χ1) is 9.54. The van der Waals surface area contributed by atoms with Crippen molar-refractivity contribution in [3.8, 4) is 0 Å². The molecular formula is C15H16FN3O. The number of hydrogen-bond donors (Lipinski definition) is 3. The smallest absolute Gasteiger partial charge is 0.221 e. The Balaban J connectivity index is 2.01. The Bertz CT molecular complexity index is 611. The lowest BCUT2D eigenvalue weighted by molar-refractivity contribution is -0.114. The standard InChI is InChI=1S/C15H16FN3O/c1-10(20)19-15-7-6-13(8-14(15)17)18-9-11-2-4-12(16)5-3-11/h2-8,18H,9,17H2,1H3,(H,19,20). The Hall–Kier alpha value is -2.56. The summed E-state index contributed by atoms with van der Waals surface area (Å²) in [6.45, 7) is 2.00. The zero-order valence-electron chi connectivity index (χ0n) is 11.1. The second kappa shape index (κ2) is 6.06. The summed E-state index contributed by atoms with van der Waals surface area (Å²) in [6.07, 6.45) is 0. The molecule has 0 aliphatic heterocycles. The lowest BCUT2D eigenvalue weighted by Crippen LogP contribution is -2.08. The fourth-order valence-electron chi connectivity index (χ4n) is 1.78. The summed E-state index contributed by atoms with van der Waals surface area (Å²) in [4.78, 5) is 11.0. The van der Waals surface area contributed by atoms with Gasteiger partial charge in [-0.1, -0.05) is 12.1 Å². The molecule has 4 nitrogen and oxygen atoms in total. The number of nitrogens with two attached hydrogens (primary N) is 1. The summed E-state index contributed by atoms with van der Waals surface area (Å²) in [5, 5.41) is 5.83. The van der Waals surface area contributed by atoms with Gasteiger partial charge in [0, 0.05) is 19.2 Å². The second-order valence-corrected chi connectivity index (χ2v) is 4.46. The Morgan fingerprint density at radius 2 is 1.90 bits per heavy atom. The van der Waals surface area contributed by atoms with Crippen LogP contribution in [-0.4, -0.2) is 5.91 Å². The van der Waals surface area contributed by atoms with E-state index in [0.717, 1.165) is 11.3 Å². The quantitative estimate of drug-likeness (QED) is 0.750. The molecule has 5 heteroatoms. The van der Waals surface area contributed by atoms with E-state index >= 15 is 0 Å². The third kappa shape index (κ3) is 3.71. The van der Waals surface area contributed by atoms with Crippen LogP contribution in [0.4, 0.5) is 21.5 Å². The molecule has 2 aromatic rings. The highest BCUT2D eigenvalue weighted by Crippen LogP contribution is 2.23. The van der Waals surface area contributed by atoms with Gasteiger partial charge in [-0.2, -0.15) is 0 Å². The second-order valence-electron chi connectivity index (χ2n) is 4.46. The highest BCUT2D eigenvalue weighted by atomic mass is 19.1. The maximum atomic E-state index is 12.8. The number of hydrogen-bond acceptors (Lipinski definition) is 3. The lowest BCUT2D eigenvalue weighted by atomic mass is 10.2. The molecule has 0 aliphatic carbocycles. The maximum absolute atomic E-state index is 12.8. The van der Waals surface area contributed by atoms with Gasteiger partial charge in [-0.05, 0) is 35.9 Å². The topological polar surface area (TPSA) is 67.2 Å². The SMILES string of the molecule is CC(=O)Nc1ccc(NCc2ccc(F)cc2)cc1N. The van der Waals surface area contributed by atoms with Crippen molar-refractivity contribution in [2.45, 2.75) is 13.5 Å². The van der Waals surface area contributed by atoms with Gasteiger partial charge < -0.3 is 16.4 Å². The molecular weight excluding hydrogens is 257 g/mol. The van der Waals surface area contributed by atoms with Crippen molar-refractivity contribution in [3.63, 3.8) is 0 Å². The van der Waals surface area contributed by atoms with Gasteiger partial charge in [-0.25, -0.2) is 4.39 Å². The van der Waals surface area contributed by atoms with Crippen molar-refractivity contribution in [3.05, 3.63) is 53.8 Å². The minimum atomic E-state index is -0.252. The van der Waals surface area contributed by atoms with E-state index in [1.54, 1.807) is 24.3 Å². The van der Waals surface area contributed by atoms with Crippen LogP contribution in [0, 0.1) is 5.82 Å². The zero-order valence-corrected chi connectivity index (χ0v) is 11.1. The van der Waals surface area contributed by atoms with Crippen molar-refractivity contribution in [1.82, 2.24) is 0 Å². The average molecular weight is 273 g/mol. The molecule has 0 aliphatic rings. The zero-order chi connectivity index (χ0) is 14.5. The van der Waals surface area contributed by atoms with E-state index in [1.807, 2.05) is 6.07 Å². The number of carbonyl (C=O) groups excluding carboxylic acids is 1. The van der Waals surface area contributed by atoms with Crippen molar-refractivity contribution >= 4 is 23.0 Å². The number of rotatable bonds is 4. The minimum Gasteiger partial charge on any atom is -0.397 e. The molecule has 0 fully saturated rings. The van der Waals surface area contributed by atoms with Crippen molar-refractivity contribution in [1.29, 1.82) is 0 Å². The summed E-state index contributed by atoms with van der Waals surface area (Å²) in [7, 11) is 0. The third-order valence-electron chi connectivity index (χ3n) is 2.77. The van der Waals surface area contributed by atoms with Crippen LogP contribution in [0.2, 0.25) is 0 Å². The van der Waals surface area contributed by atoms with Gasteiger partial charge in [0.2, 0.25) is 5.91 Å². The fourth-order valence-corrected chi connectivity index (χ4v) is 1.78. The fraction of sp³-hybridized carbons (Fsp3) is 0.133. The number of amides is 1. The van der Waals surface area contributed by atoms with E-state index < -0.39 is 0 Å². The van der Waals surface area contributed by atoms with E-state index in [0.29, 0.717) is 17.9 Å². The van der Waals surface area contributed by atoms with Gasteiger partial charge >= 0.3 is 0 Å². The van der Waals surface area contributed by atoms with Gasteiger partial charge in [0.05, 0.1) is 11.4 Å². The van der Waals surface area contributed by atoms with Gasteiger partial charge in [-0.3, -0.25) is 4.79 Å². The molecule has 104 valence electrons. The lowest BCUT2D eigenvalue weighted by Gasteiger charge is -2.10. The van der Waals surface area contributed by atoms with Gasteiger partial charge in [0.15, 0.2) is 0 Å². The monoisotopic (exact) mass is 273 g/mol. The van der Waals surface area contributed by atoms with E-state index in [1.165, 1.54) is 19.1 Å². The summed E-state index contributed by atoms with van der Waals surface area (Å²) in [5.74, 6) is -0.415. The molecule has 0 heterocycles. The van der Waals surface area contributed by atoms with Crippen molar-refractivity contribution in [2.75, 3.05) is 16.4 Å². The number of nitrogens with one attached hydrogen (secondary N) is 2. The molecule has 1 amide bonds. The van der Waals surface area contributed by atoms with E-state index in [-0.39, 0.29) is 11.7 Å². The largest absolute Gasteiger partial charge is 0.397 e. The summed E-state index contributed by atoms with van der Waals surface area (Å²) >= 11 is 0. The molecule has 0 radical (unpaired) electrons. The summed E-state index contributed by atoms with van der Waals surface area (Å²) in [6, 6.07) is 11.6. The Kier molecular flexibility index (Phi) is 4.20. The molecule has 0 aromatic heterocycles. The average Bonchev–Trinajstić information content (AvgIpc) is 2.40.